The van der Waals surface area contributed by atoms with Crippen LogP contribution in [0.4, 0.5) is 0 Å². The highest BCUT2D eigenvalue weighted by Gasteiger charge is 2.25. The third-order valence-electron chi connectivity index (χ3n) is 3.96. The number of benzene rings is 1. The van der Waals surface area contributed by atoms with Crippen LogP contribution in [-0.2, 0) is 5.41 Å². The zero-order valence-corrected chi connectivity index (χ0v) is 14.2. The highest BCUT2D eigenvalue weighted by atomic mass is 32.2. The molecule has 3 atom stereocenters. The molecule has 0 saturated carbocycles. The molecule has 0 heterocycles. The van der Waals surface area contributed by atoms with E-state index in [1.54, 1.807) is 11.8 Å². The molecule has 0 bridgehead atoms. The number of nitrogens with one attached hydrogen (secondary N) is 1. The van der Waals surface area contributed by atoms with Gasteiger partial charge in [0.25, 0.3) is 0 Å². The van der Waals surface area contributed by atoms with Crippen LogP contribution in [0.1, 0.15) is 39.7 Å². The minimum Gasteiger partial charge on any atom is -0.395 e. The highest BCUT2D eigenvalue weighted by molar-refractivity contribution is 7.99. The van der Waals surface area contributed by atoms with E-state index in [1.807, 2.05) is 0 Å². The van der Waals surface area contributed by atoms with Gasteiger partial charge in [-0.05, 0) is 37.5 Å². The summed E-state index contributed by atoms with van der Waals surface area (Å²) < 4.78 is 0. The summed E-state index contributed by atoms with van der Waals surface area (Å²) in [6, 6.07) is 11.4. The Kier molecular flexibility index (Phi) is 7.07. The molecule has 1 aromatic carbocycles. The molecule has 0 spiro atoms. The fraction of sp³-hybridized carbons (Fsp3) is 0.647. The van der Waals surface area contributed by atoms with Gasteiger partial charge in [-0.1, -0.05) is 44.2 Å². The Morgan fingerprint density at radius 1 is 1.20 bits per heavy atom. The zero-order valence-electron chi connectivity index (χ0n) is 13.4. The predicted octanol–water partition coefficient (Wildman–Crippen LogP) is 3.44. The van der Waals surface area contributed by atoms with Crippen molar-refractivity contribution in [3.8, 4) is 0 Å². The topological polar surface area (TPSA) is 32.3 Å². The second kappa shape index (κ2) is 8.06. The molecule has 3 heteroatoms. The van der Waals surface area contributed by atoms with Crippen molar-refractivity contribution in [2.45, 2.75) is 56.9 Å². The van der Waals surface area contributed by atoms with Gasteiger partial charge in [-0.15, -0.1) is 0 Å². The number of rotatable bonds is 8. The van der Waals surface area contributed by atoms with Gasteiger partial charge in [0.2, 0.25) is 0 Å². The molecule has 0 radical (unpaired) electrons. The molecule has 0 aromatic heterocycles. The van der Waals surface area contributed by atoms with E-state index in [0.29, 0.717) is 12.1 Å². The molecule has 0 aliphatic carbocycles. The van der Waals surface area contributed by atoms with Crippen LogP contribution < -0.4 is 5.32 Å². The number of thioether (sulfide) groups is 1. The van der Waals surface area contributed by atoms with Gasteiger partial charge in [-0.3, -0.25) is 0 Å². The Hall–Kier alpha value is -0.510. The molecule has 0 aliphatic rings. The third-order valence-corrected chi connectivity index (χ3v) is 5.12. The zero-order chi connectivity index (χ0) is 15.2. The standard InChI is InChI=1S/C17H29NOS/c1-13(18-14(2)16(12-19)20-5)11-17(3,4)15-9-7-6-8-10-15/h6-10,13-14,16,18-19H,11-12H2,1-5H3. The summed E-state index contributed by atoms with van der Waals surface area (Å²) in [5, 5.41) is 13.2. The molecule has 2 nitrogen and oxygen atoms in total. The van der Waals surface area contributed by atoms with Crippen LogP contribution in [0.25, 0.3) is 0 Å². The lowest BCUT2D eigenvalue weighted by molar-refractivity contribution is 0.265. The van der Waals surface area contributed by atoms with E-state index in [9.17, 15) is 5.11 Å². The number of hydrogen-bond donors (Lipinski definition) is 2. The lowest BCUT2D eigenvalue weighted by Gasteiger charge is -2.32. The maximum atomic E-state index is 9.36. The van der Waals surface area contributed by atoms with Crippen molar-refractivity contribution < 1.29 is 5.11 Å². The fourth-order valence-corrected chi connectivity index (χ4v) is 3.46. The van der Waals surface area contributed by atoms with E-state index >= 15 is 0 Å². The highest BCUT2D eigenvalue weighted by Crippen LogP contribution is 2.28. The van der Waals surface area contributed by atoms with Crippen LogP contribution in [-0.4, -0.2) is 35.3 Å². The van der Waals surface area contributed by atoms with Gasteiger partial charge in [0.05, 0.1) is 6.61 Å². The minimum absolute atomic E-state index is 0.154. The quantitative estimate of drug-likeness (QED) is 0.770. The Balaban J connectivity index is 2.59. The summed E-state index contributed by atoms with van der Waals surface area (Å²) >= 11 is 1.72. The van der Waals surface area contributed by atoms with Crippen molar-refractivity contribution in [1.82, 2.24) is 5.32 Å². The first-order valence-corrected chi connectivity index (χ1v) is 8.64. The predicted molar refractivity (Wildman–Crippen MR) is 90.5 cm³/mol. The number of aliphatic hydroxyl groups excluding tert-OH is 1. The molecular formula is C17H29NOS. The molecule has 1 aromatic rings. The van der Waals surface area contributed by atoms with Crippen LogP contribution in [0.15, 0.2) is 30.3 Å². The van der Waals surface area contributed by atoms with Crippen molar-refractivity contribution >= 4 is 11.8 Å². The molecule has 2 N–H and O–H groups in total. The van der Waals surface area contributed by atoms with Crippen molar-refractivity contribution in [2.24, 2.45) is 0 Å². The van der Waals surface area contributed by atoms with Gasteiger partial charge in [-0.2, -0.15) is 11.8 Å². The first kappa shape index (κ1) is 17.5. The van der Waals surface area contributed by atoms with Crippen molar-refractivity contribution in [3.05, 3.63) is 35.9 Å². The molecule has 3 unspecified atom stereocenters. The van der Waals surface area contributed by atoms with Gasteiger partial charge in [0, 0.05) is 17.3 Å². The molecule has 1 rings (SSSR count). The number of aliphatic hydroxyl groups is 1. The second-order valence-electron chi connectivity index (χ2n) is 6.27. The van der Waals surface area contributed by atoms with Crippen LogP contribution in [0.5, 0.6) is 0 Å². The average molecular weight is 295 g/mol. The molecule has 0 aliphatic heterocycles. The van der Waals surface area contributed by atoms with Crippen molar-refractivity contribution in [2.75, 3.05) is 12.9 Å². The molecule has 114 valence electrons. The summed E-state index contributed by atoms with van der Waals surface area (Å²) in [5.74, 6) is 0. The molecule has 0 amide bonds. The van der Waals surface area contributed by atoms with Crippen molar-refractivity contribution in [3.63, 3.8) is 0 Å². The Bertz CT molecular complexity index is 376. The maximum Gasteiger partial charge on any atom is 0.0564 e. The van der Waals surface area contributed by atoms with E-state index in [2.05, 4.69) is 69.6 Å². The molecule has 0 fully saturated rings. The minimum atomic E-state index is 0.154. The average Bonchev–Trinajstić information content (AvgIpc) is 2.40. The van der Waals surface area contributed by atoms with Crippen LogP contribution in [0.2, 0.25) is 0 Å². The van der Waals surface area contributed by atoms with Gasteiger partial charge >= 0.3 is 0 Å². The second-order valence-corrected chi connectivity index (χ2v) is 7.34. The third kappa shape index (κ3) is 5.12. The molecular weight excluding hydrogens is 266 g/mol. The largest absolute Gasteiger partial charge is 0.395 e. The summed E-state index contributed by atoms with van der Waals surface area (Å²) in [6.45, 7) is 9.20. The Morgan fingerprint density at radius 2 is 1.80 bits per heavy atom. The van der Waals surface area contributed by atoms with Gasteiger partial charge in [0.1, 0.15) is 0 Å². The maximum absolute atomic E-state index is 9.36. The molecule has 20 heavy (non-hydrogen) atoms. The first-order valence-electron chi connectivity index (χ1n) is 7.36. The lowest BCUT2D eigenvalue weighted by Crippen LogP contribution is -2.44. The van der Waals surface area contributed by atoms with E-state index in [0.717, 1.165) is 6.42 Å². The Morgan fingerprint density at radius 3 is 2.30 bits per heavy atom. The van der Waals surface area contributed by atoms with E-state index < -0.39 is 0 Å². The Labute approximate surface area is 128 Å². The summed E-state index contributed by atoms with van der Waals surface area (Å²) in [7, 11) is 0. The van der Waals surface area contributed by atoms with Gasteiger partial charge in [0.15, 0.2) is 0 Å². The van der Waals surface area contributed by atoms with E-state index in [1.165, 1.54) is 5.56 Å². The number of hydrogen-bond acceptors (Lipinski definition) is 3. The van der Waals surface area contributed by atoms with E-state index in [4.69, 9.17) is 0 Å². The van der Waals surface area contributed by atoms with Gasteiger partial charge < -0.3 is 10.4 Å². The monoisotopic (exact) mass is 295 g/mol. The van der Waals surface area contributed by atoms with Crippen LogP contribution >= 0.6 is 11.8 Å². The fourth-order valence-electron chi connectivity index (χ4n) is 2.82. The molecule has 0 saturated heterocycles. The normalized spacial score (nSPS) is 16.7. The van der Waals surface area contributed by atoms with Crippen LogP contribution in [0, 0.1) is 0 Å². The lowest BCUT2D eigenvalue weighted by atomic mass is 9.79. The summed E-state index contributed by atoms with van der Waals surface area (Å²) in [6.07, 6.45) is 3.13. The van der Waals surface area contributed by atoms with Crippen LogP contribution in [0.3, 0.4) is 0 Å². The summed E-state index contributed by atoms with van der Waals surface area (Å²) in [5.41, 5.74) is 1.53. The van der Waals surface area contributed by atoms with E-state index in [-0.39, 0.29) is 17.3 Å². The smallest absolute Gasteiger partial charge is 0.0564 e. The SMILES string of the molecule is CSC(CO)C(C)NC(C)CC(C)(C)c1ccccc1. The summed E-state index contributed by atoms with van der Waals surface area (Å²) in [4.78, 5) is 0. The van der Waals surface area contributed by atoms with Gasteiger partial charge in [-0.25, -0.2) is 0 Å². The first-order chi connectivity index (χ1) is 9.40. The van der Waals surface area contributed by atoms with Crippen molar-refractivity contribution in [1.29, 1.82) is 0 Å².